The van der Waals surface area contributed by atoms with Crippen LogP contribution in [0, 0.1) is 19.3 Å². The molecule has 78 valence electrons. The van der Waals surface area contributed by atoms with Crippen LogP contribution < -0.4 is 0 Å². The van der Waals surface area contributed by atoms with Crippen LogP contribution in [-0.4, -0.2) is 5.88 Å². The smallest absolute Gasteiger partial charge is 0.0277 e. The van der Waals surface area contributed by atoms with Gasteiger partial charge in [0.15, 0.2) is 0 Å². The van der Waals surface area contributed by atoms with Gasteiger partial charge in [0.1, 0.15) is 0 Å². The molecule has 0 saturated carbocycles. The Kier molecular flexibility index (Phi) is 3.60. The van der Waals surface area contributed by atoms with Crippen LogP contribution in [-0.2, 0) is 6.42 Å². The van der Waals surface area contributed by atoms with Crippen LogP contribution in [0.3, 0.4) is 0 Å². The molecule has 0 amide bonds. The number of halogens is 1. The molecule has 0 radical (unpaired) electrons. The molecule has 0 saturated heterocycles. The third-order valence-corrected chi connectivity index (χ3v) is 3.26. The molecular formula is C13H19Cl. The summed E-state index contributed by atoms with van der Waals surface area (Å²) in [6.45, 7) is 8.72. The first-order valence-electron chi connectivity index (χ1n) is 5.07. The van der Waals surface area contributed by atoms with E-state index in [1.165, 1.54) is 16.7 Å². The van der Waals surface area contributed by atoms with Crippen molar-refractivity contribution < 1.29 is 0 Å². The van der Waals surface area contributed by atoms with Crippen molar-refractivity contribution in [1.29, 1.82) is 0 Å². The minimum absolute atomic E-state index is 0.195. The lowest BCUT2D eigenvalue weighted by atomic mass is 9.86. The van der Waals surface area contributed by atoms with Crippen molar-refractivity contribution in [2.45, 2.75) is 34.1 Å². The zero-order valence-corrected chi connectivity index (χ0v) is 10.3. The van der Waals surface area contributed by atoms with E-state index in [1.54, 1.807) is 0 Å². The fourth-order valence-electron chi connectivity index (χ4n) is 1.55. The first kappa shape index (κ1) is 11.6. The molecule has 0 aliphatic carbocycles. The van der Waals surface area contributed by atoms with Crippen LogP contribution in [0.5, 0.6) is 0 Å². The Bertz CT molecular complexity index is 313. The zero-order chi connectivity index (χ0) is 10.8. The van der Waals surface area contributed by atoms with Crippen molar-refractivity contribution in [2.75, 3.05) is 5.88 Å². The van der Waals surface area contributed by atoms with Crippen molar-refractivity contribution in [2.24, 2.45) is 5.41 Å². The molecular weight excluding hydrogens is 192 g/mol. The minimum Gasteiger partial charge on any atom is -0.126 e. The largest absolute Gasteiger partial charge is 0.126 e. The van der Waals surface area contributed by atoms with E-state index in [9.17, 15) is 0 Å². The number of aryl methyl sites for hydroxylation is 2. The molecule has 1 aromatic carbocycles. The predicted octanol–water partition coefficient (Wildman–Crippen LogP) is 4.11. The lowest BCUT2D eigenvalue weighted by Gasteiger charge is -2.22. The van der Waals surface area contributed by atoms with E-state index in [4.69, 9.17) is 11.6 Å². The highest BCUT2D eigenvalue weighted by atomic mass is 35.5. The lowest BCUT2D eigenvalue weighted by Crippen LogP contribution is -2.17. The monoisotopic (exact) mass is 210 g/mol. The van der Waals surface area contributed by atoms with E-state index < -0.39 is 0 Å². The summed E-state index contributed by atoms with van der Waals surface area (Å²) in [4.78, 5) is 0. The second kappa shape index (κ2) is 4.35. The summed E-state index contributed by atoms with van der Waals surface area (Å²) in [5.41, 5.74) is 4.32. The summed E-state index contributed by atoms with van der Waals surface area (Å²) in [6.07, 6.45) is 1.06. The molecule has 14 heavy (non-hydrogen) atoms. The molecule has 1 rings (SSSR count). The molecule has 0 aromatic heterocycles. The van der Waals surface area contributed by atoms with Crippen LogP contribution >= 0.6 is 11.6 Å². The van der Waals surface area contributed by atoms with Gasteiger partial charge in [-0.05, 0) is 36.8 Å². The van der Waals surface area contributed by atoms with E-state index in [-0.39, 0.29) is 5.41 Å². The fraction of sp³-hybridized carbons (Fsp3) is 0.538. The summed E-state index contributed by atoms with van der Waals surface area (Å²) in [6, 6.07) is 6.62. The third-order valence-electron chi connectivity index (χ3n) is 2.54. The highest BCUT2D eigenvalue weighted by Crippen LogP contribution is 2.25. The third kappa shape index (κ3) is 3.02. The van der Waals surface area contributed by atoms with Crippen LogP contribution in [0.4, 0.5) is 0 Å². The molecule has 0 nitrogen and oxygen atoms in total. The van der Waals surface area contributed by atoms with Gasteiger partial charge in [-0.3, -0.25) is 0 Å². The number of hydrogen-bond donors (Lipinski definition) is 0. The summed E-state index contributed by atoms with van der Waals surface area (Å²) in [5, 5.41) is 0. The van der Waals surface area contributed by atoms with Crippen molar-refractivity contribution in [3.8, 4) is 0 Å². The topological polar surface area (TPSA) is 0 Å². The van der Waals surface area contributed by atoms with Crippen LogP contribution in [0.15, 0.2) is 18.2 Å². The maximum atomic E-state index is 5.94. The number of alkyl halides is 1. The Morgan fingerprint density at radius 2 is 1.86 bits per heavy atom. The van der Waals surface area contributed by atoms with Gasteiger partial charge in [0, 0.05) is 5.88 Å². The van der Waals surface area contributed by atoms with E-state index in [0.717, 1.165) is 6.42 Å². The van der Waals surface area contributed by atoms with Gasteiger partial charge in [0.2, 0.25) is 0 Å². The van der Waals surface area contributed by atoms with Gasteiger partial charge < -0.3 is 0 Å². The average Bonchev–Trinajstić information content (AvgIpc) is 2.11. The van der Waals surface area contributed by atoms with Gasteiger partial charge in [-0.25, -0.2) is 0 Å². The standard InChI is InChI=1S/C13H19Cl/c1-10-5-6-11(2)12(7-10)8-13(3,4)9-14/h5-7H,8-9H2,1-4H3. The maximum absolute atomic E-state index is 5.94. The Labute approximate surface area is 92.3 Å². The van der Waals surface area contributed by atoms with Crippen molar-refractivity contribution in [1.82, 2.24) is 0 Å². The molecule has 0 unspecified atom stereocenters. The highest BCUT2D eigenvalue weighted by Gasteiger charge is 2.17. The molecule has 0 aliphatic rings. The number of hydrogen-bond acceptors (Lipinski definition) is 0. The second-order valence-corrected chi connectivity index (χ2v) is 5.17. The van der Waals surface area contributed by atoms with E-state index in [0.29, 0.717) is 5.88 Å². The Hall–Kier alpha value is -0.490. The van der Waals surface area contributed by atoms with Crippen LogP contribution in [0.1, 0.15) is 30.5 Å². The lowest BCUT2D eigenvalue weighted by molar-refractivity contribution is 0.417. The van der Waals surface area contributed by atoms with Crippen LogP contribution in [0.25, 0.3) is 0 Å². The Morgan fingerprint density at radius 1 is 1.21 bits per heavy atom. The molecule has 0 N–H and O–H groups in total. The Morgan fingerprint density at radius 3 is 2.43 bits per heavy atom. The molecule has 0 heterocycles. The highest BCUT2D eigenvalue weighted by molar-refractivity contribution is 6.18. The second-order valence-electron chi connectivity index (χ2n) is 4.90. The quantitative estimate of drug-likeness (QED) is 0.659. The molecule has 1 aromatic rings. The average molecular weight is 211 g/mol. The maximum Gasteiger partial charge on any atom is 0.0277 e. The molecule has 1 heteroatoms. The van der Waals surface area contributed by atoms with Gasteiger partial charge in [-0.2, -0.15) is 0 Å². The fourth-order valence-corrected chi connectivity index (χ4v) is 1.65. The van der Waals surface area contributed by atoms with Gasteiger partial charge in [0.05, 0.1) is 0 Å². The molecule has 0 spiro atoms. The first-order valence-corrected chi connectivity index (χ1v) is 5.60. The van der Waals surface area contributed by atoms with Gasteiger partial charge in [-0.15, -0.1) is 11.6 Å². The van der Waals surface area contributed by atoms with Gasteiger partial charge in [0.25, 0.3) is 0 Å². The summed E-state index contributed by atoms with van der Waals surface area (Å²) < 4.78 is 0. The number of benzene rings is 1. The van der Waals surface area contributed by atoms with Crippen molar-refractivity contribution in [3.63, 3.8) is 0 Å². The van der Waals surface area contributed by atoms with Crippen molar-refractivity contribution >= 4 is 11.6 Å². The zero-order valence-electron chi connectivity index (χ0n) is 9.52. The molecule has 0 bridgehead atoms. The summed E-state index contributed by atoms with van der Waals surface area (Å²) in [7, 11) is 0. The minimum atomic E-state index is 0.195. The summed E-state index contributed by atoms with van der Waals surface area (Å²) in [5.74, 6) is 0.709. The van der Waals surface area contributed by atoms with E-state index >= 15 is 0 Å². The summed E-state index contributed by atoms with van der Waals surface area (Å²) >= 11 is 5.94. The normalized spacial score (nSPS) is 11.8. The Balaban J connectivity index is 2.91. The first-order chi connectivity index (χ1) is 6.44. The van der Waals surface area contributed by atoms with E-state index in [2.05, 4.69) is 45.9 Å². The molecule has 0 fully saturated rings. The molecule has 0 atom stereocenters. The van der Waals surface area contributed by atoms with Gasteiger partial charge in [-0.1, -0.05) is 37.6 Å². The predicted molar refractivity (Wildman–Crippen MR) is 64.1 cm³/mol. The SMILES string of the molecule is Cc1ccc(C)c(CC(C)(C)CCl)c1. The molecule has 0 aliphatic heterocycles. The number of rotatable bonds is 3. The van der Waals surface area contributed by atoms with Crippen LogP contribution in [0.2, 0.25) is 0 Å². The van der Waals surface area contributed by atoms with E-state index in [1.807, 2.05) is 0 Å². The van der Waals surface area contributed by atoms with Gasteiger partial charge >= 0.3 is 0 Å². The van der Waals surface area contributed by atoms with Crippen molar-refractivity contribution in [3.05, 3.63) is 34.9 Å².